The Hall–Kier alpha value is -2.08. The van der Waals surface area contributed by atoms with Gasteiger partial charge in [-0.25, -0.2) is 9.78 Å². The highest BCUT2D eigenvalue weighted by Gasteiger charge is 2.19. The normalized spacial score (nSPS) is 10.7. The number of aromatic hydroxyl groups is 1. The molecule has 6 nitrogen and oxygen atoms in total. The van der Waals surface area contributed by atoms with Crippen LogP contribution in [0.15, 0.2) is 18.2 Å². The molecule has 0 unspecified atom stereocenters. The summed E-state index contributed by atoms with van der Waals surface area (Å²) in [6.07, 6.45) is 0.246. The van der Waals surface area contributed by atoms with Crippen molar-refractivity contribution >= 4 is 11.5 Å². The lowest BCUT2D eigenvalue weighted by Crippen LogP contribution is -2.02. The Kier molecular flexibility index (Phi) is 2.97. The molecular weight excluding hydrogens is 224 g/mol. The highest BCUT2D eigenvalue weighted by molar-refractivity contribution is 5.95. The molecule has 90 valence electrons. The molecule has 2 aromatic heterocycles. The summed E-state index contributed by atoms with van der Waals surface area (Å²) in [5, 5.41) is 18.7. The maximum Gasteiger partial charge on any atom is 0.358 e. The first-order chi connectivity index (χ1) is 8.19. The fraction of sp³-hybridized carbons (Fsp3) is 0.273. The number of ether oxygens (including phenoxy) is 1. The van der Waals surface area contributed by atoms with Crippen molar-refractivity contribution in [2.24, 2.45) is 0 Å². The first-order valence-electron chi connectivity index (χ1n) is 5.07. The van der Waals surface area contributed by atoms with Gasteiger partial charge in [-0.2, -0.15) is 0 Å². The number of imidazole rings is 1. The van der Waals surface area contributed by atoms with Crippen LogP contribution in [0.25, 0.3) is 5.52 Å². The van der Waals surface area contributed by atoms with Gasteiger partial charge in [-0.3, -0.25) is 4.40 Å². The van der Waals surface area contributed by atoms with Crippen LogP contribution < -0.4 is 0 Å². The van der Waals surface area contributed by atoms with Crippen molar-refractivity contribution in [3.8, 4) is 5.88 Å². The number of carbonyl (C=O) groups is 1. The average Bonchev–Trinajstić information content (AvgIpc) is 2.69. The van der Waals surface area contributed by atoms with Gasteiger partial charge in [-0.1, -0.05) is 6.07 Å². The van der Waals surface area contributed by atoms with Crippen LogP contribution in [0.5, 0.6) is 5.88 Å². The smallest absolute Gasteiger partial charge is 0.358 e. The van der Waals surface area contributed by atoms with Gasteiger partial charge in [0.1, 0.15) is 5.82 Å². The van der Waals surface area contributed by atoms with E-state index in [1.807, 2.05) is 0 Å². The highest BCUT2D eigenvalue weighted by Crippen LogP contribution is 2.20. The van der Waals surface area contributed by atoms with E-state index in [1.54, 1.807) is 12.1 Å². The molecule has 0 amide bonds. The molecule has 0 aliphatic heterocycles. The van der Waals surface area contributed by atoms with Gasteiger partial charge in [0.05, 0.1) is 19.2 Å². The fourth-order valence-corrected chi connectivity index (χ4v) is 1.70. The molecule has 0 fully saturated rings. The molecule has 17 heavy (non-hydrogen) atoms. The molecule has 0 bridgehead atoms. The molecule has 0 radical (unpaired) electrons. The third kappa shape index (κ3) is 1.83. The van der Waals surface area contributed by atoms with E-state index in [2.05, 4.69) is 9.72 Å². The summed E-state index contributed by atoms with van der Waals surface area (Å²) in [6.45, 7) is -0.117. The van der Waals surface area contributed by atoms with E-state index in [-0.39, 0.29) is 24.6 Å². The third-order valence-corrected chi connectivity index (χ3v) is 2.43. The van der Waals surface area contributed by atoms with Gasteiger partial charge in [-0.15, -0.1) is 0 Å². The van der Waals surface area contributed by atoms with Crippen LogP contribution in [-0.2, 0) is 11.2 Å². The minimum Gasteiger partial charge on any atom is -0.494 e. The zero-order chi connectivity index (χ0) is 12.4. The van der Waals surface area contributed by atoms with Crippen molar-refractivity contribution in [3.63, 3.8) is 0 Å². The quantitative estimate of drug-likeness (QED) is 0.752. The molecule has 0 spiro atoms. The van der Waals surface area contributed by atoms with Crippen molar-refractivity contribution in [1.29, 1.82) is 0 Å². The van der Waals surface area contributed by atoms with Crippen LogP contribution in [0.1, 0.15) is 16.3 Å². The minimum atomic E-state index is -0.572. The summed E-state index contributed by atoms with van der Waals surface area (Å²) in [6, 6.07) is 4.75. The Morgan fingerprint density at radius 3 is 2.94 bits per heavy atom. The number of carbonyl (C=O) groups excluding carboxylic acids is 1. The molecule has 2 N–H and O–H groups in total. The van der Waals surface area contributed by atoms with E-state index in [4.69, 9.17) is 5.11 Å². The number of hydrogen-bond donors (Lipinski definition) is 2. The van der Waals surface area contributed by atoms with Crippen molar-refractivity contribution in [2.75, 3.05) is 13.7 Å². The van der Waals surface area contributed by atoms with Gasteiger partial charge < -0.3 is 14.9 Å². The van der Waals surface area contributed by atoms with Gasteiger partial charge in [0.15, 0.2) is 11.6 Å². The second-order valence-corrected chi connectivity index (χ2v) is 3.45. The van der Waals surface area contributed by atoms with Crippen molar-refractivity contribution in [2.45, 2.75) is 6.42 Å². The number of aliphatic hydroxyl groups excluding tert-OH is 1. The van der Waals surface area contributed by atoms with E-state index < -0.39 is 5.97 Å². The van der Waals surface area contributed by atoms with E-state index in [9.17, 15) is 9.90 Å². The number of aromatic nitrogens is 2. The zero-order valence-corrected chi connectivity index (χ0v) is 9.25. The third-order valence-electron chi connectivity index (χ3n) is 2.43. The first kappa shape index (κ1) is 11.4. The molecule has 0 saturated heterocycles. The number of aliphatic hydroxyl groups is 1. The Morgan fingerprint density at radius 1 is 1.53 bits per heavy atom. The molecule has 0 atom stereocenters. The van der Waals surface area contributed by atoms with E-state index in [0.29, 0.717) is 11.3 Å². The largest absolute Gasteiger partial charge is 0.494 e. The number of rotatable bonds is 3. The lowest BCUT2D eigenvalue weighted by atomic mass is 10.3. The second-order valence-electron chi connectivity index (χ2n) is 3.45. The summed E-state index contributed by atoms with van der Waals surface area (Å²) < 4.78 is 6.04. The molecule has 0 aliphatic carbocycles. The zero-order valence-electron chi connectivity index (χ0n) is 9.25. The monoisotopic (exact) mass is 236 g/mol. The number of hydrogen-bond acceptors (Lipinski definition) is 5. The maximum absolute atomic E-state index is 11.5. The Bertz CT molecular complexity index is 562. The molecule has 0 saturated carbocycles. The average molecular weight is 236 g/mol. The SMILES string of the molecule is COC(=O)c1nc(CCO)n2c(O)cccc12. The topological polar surface area (TPSA) is 84.1 Å². The summed E-state index contributed by atoms with van der Waals surface area (Å²) in [7, 11) is 1.27. The van der Waals surface area contributed by atoms with Crippen LogP contribution in [0.2, 0.25) is 0 Å². The van der Waals surface area contributed by atoms with Crippen LogP contribution in [0, 0.1) is 0 Å². The highest BCUT2D eigenvalue weighted by atomic mass is 16.5. The fourth-order valence-electron chi connectivity index (χ4n) is 1.70. The molecule has 2 aromatic rings. The van der Waals surface area contributed by atoms with Gasteiger partial charge in [-0.05, 0) is 12.1 Å². The van der Waals surface area contributed by atoms with E-state index >= 15 is 0 Å². The van der Waals surface area contributed by atoms with Crippen LogP contribution in [0.3, 0.4) is 0 Å². The van der Waals surface area contributed by atoms with Crippen LogP contribution >= 0.6 is 0 Å². The minimum absolute atomic E-state index is 0.0337. The number of fused-ring (bicyclic) bond motifs is 1. The summed E-state index contributed by atoms with van der Waals surface area (Å²) >= 11 is 0. The van der Waals surface area contributed by atoms with Gasteiger partial charge >= 0.3 is 5.97 Å². The number of pyridine rings is 1. The number of nitrogens with zero attached hydrogens (tertiary/aromatic N) is 2. The van der Waals surface area contributed by atoms with Crippen molar-refractivity contribution in [3.05, 3.63) is 29.7 Å². The van der Waals surface area contributed by atoms with Crippen LogP contribution in [-0.4, -0.2) is 39.3 Å². The molecule has 0 aromatic carbocycles. The standard InChI is InChI=1S/C11H12N2O4/c1-17-11(16)10-7-3-2-4-9(15)13(7)8(12-10)5-6-14/h2-4,14-15H,5-6H2,1H3. The van der Waals surface area contributed by atoms with Gasteiger partial charge in [0.25, 0.3) is 0 Å². The maximum atomic E-state index is 11.5. The van der Waals surface area contributed by atoms with E-state index in [1.165, 1.54) is 17.6 Å². The van der Waals surface area contributed by atoms with Crippen molar-refractivity contribution < 1.29 is 19.7 Å². The summed E-state index contributed by atoms with van der Waals surface area (Å²) in [5.74, 6) is -0.188. The lowest BCUT2D eigenvalue weighted by molar-refractivity contribution is 0.0596. The Balaban J connectivity index is 2.70. The van der Waals surface area contributed by atoms with Gasteiger partial charge in [0.2, 0.25) is 0 Å². The summed E-state index contributed by atoms with van der Waals surface area (Å²) in [5.41, 5.74) is 0.590. The second kappa shape index (κ2) is 4.42. The molecule has 2 rings (SSSR count). The predicted octanol–water partition coefficient (Wildman–Crippen LogP) is 0.361. The first-order valence-corrected chi connectivity index (χ1v) is 5.07. The van der Waals surface area contributed by atoms with E-state index in [0.717, 1.165) is 0 Å². The molecular formula is C11H12N2O4. The van der Waals surface area contributed by atoms with Gasteiger partial charge in [0, 0.05) is 6.42 Å². The molecule has 2 heterocycles. The number of methoxy groups -OCH3 is 1. The Morgan fingerprint density at radius 2 is 2.29 bits per heavy atom. The predicted molar refractivity (Wildman–Crippen MR) is 59.0 cm³/mol. The molecule has 0 aliphatic rings. The molecule has 6 heteroatoms. The van der Waals surface area contributed by atoms with Crippen molar-refractivity contribution in [1.82, 2.24) is 9.38 Å². The lowest BCUT2D eigenvalue weighted by Gasteiger charge is -2.01. The van der Waals surface area contributed by atoms with Crippen LogP contribution in [0.4, 0.5) is 0 Å². The number of esters is 1. The summed E-state index contributed by atoms with van der Waals surface area (Å²) in [4.78, 5) is 15.6. The Labute approximate surface area is 97.1 Å².